The van der Waals surface area contributed by atoms with E-state index < -0.39 is 6.10 Å². The summed E-state index contributed by atoms with van der Waals surface area (Å²) in [6.45, 7) is 0. The summed E-state index contributed by atoms with van der Waals surface area (Å²) in [7, 11) is 1.85. The van der Waals surface area contributed by atoms with Gasteiger partial charge in [0.2, 0.25) is 0 Å². The van der Waals surface area contributed by atoms with Crippen LogP contribution < -0.4 is 0 Å². The van der Waals surface area contributed by atoms with Crippen molar-refractivity contribution in [2.24, 2.45) is 7.05 Å². The molecule has 0 radical (unpaired) electrons. The average Bonchev–Trinajstić information content (AvgIpc) is 2.66. The van der Waals surface area contributed by atoms with Crippen molar-refractivity contribution in [3.63, 3.8) is 0 Å². The van der Waals surface area contributed by atoms with E-state index in [1.165, 1.54) is 0 Å². The van der Waals surface area contributed by atoms with E-state index in [4.69, 9.17) is 0 Å². The van der Waals surface area contributed by atoms with Crippen LogP contribution in [0.5, 0.6) is 0 Å². The first-order valence-electron chi connectivity index (χ1n) is 4.97. The van der Waals surface area contributed by atoms with Gasteiger partial charge in [0, 0.05) is 19.7 Å². The average molecular weight is 202 g/mol. The van der Waals surface area contributed by atoms with E-state index in [0.29, 0.717) is 6.42 Å². The normalized spacial score (nSPS) is 12.7. The molecule has 1 atom stereocenters. The molecule has 0 saturated heterocycles. The monoisotopic (exact) mass is 202 g/mol. The van der Waals surface area contributed by atoms with Crippen LogP contribution in [0.2, 0.25) is 0 Å². The molecule has 0 saturated carbocycles. The van der Waals surface area contributed by atoms with Crippen molar-refractivity contribution in [3.05, 3.63) is 53.9 Å². The molecule has 1 unspecified atom stereocenters. The van der Waals surface area contributed by atoms with Crippen LogP contribution in [-0.4, -0.2) is 14.9 Å². The lowest BCUT2D eigenvalue weighted by atomic mass is 10.1. The third-order valence-corrected chi connectivity index (χ3v) is 2.35. The van der Waals surface area contributed by atoms with Crippen molar-refractivity contribution in [1.29, 1.82) is 0 Å². The Labute approximate surface area is 89.0 Å². The fourth-order valence-corrected chi connectivity index (χ4v) is 1.55. The van der Waals surface area contributed by atoms with Crippen molar-refractivity contribution < 1.29 is 5.11 Å². The number of hydrogen-bond acceptors (Lipinski definition) is 2. The number of aliphatic hydroxyl groups is 1. The van der Waals surface area contributed by atoms with Crippen LogP contribution >= 0.6 is 0 Å². The minimum atomic E-state index is -0.520. The molecule has 0 spiro atoms. The lowest BCUT2D eigenvalue weighted by Crippen LogP contribution is -2.03. The van der Waals surface area contributed by atoms with Crippen molar-refractivity contribution in [2.75, 3.05) is 0 Å². The van der Waals surface area contributed by atoms with E-state index in [2.05, 4.69) is 5.10 Å². The van der Waals surface area contributed by atoms with E-state index in [-0.39, 0.29) is 0 Å². The Hall–Kier alpha value is -1.61. The zero-order valence-electron chi connectivity index (χ0n) is 8.67. The van der Waals surface area contributed by atoms with Crippen molar-refractivity contribution in [2.45, 2.75) is 12.5 Å². The third kappa shape index (κ3) is 2.44. The van der Waals surface area contributed by atoms with Gasteiger partial charge in [-0.15, -0.1) is 0 Å². The summed E-state index contributed by atoms with van der Waals surface area (Å²) >= 11 is 0. The first kappa shape index (κ1) is 9.93. The molecule has 0 aliphatic carbocycles. The highest BCUT2D eigenvalue weighted by Crippen LogP contribution is 2.15. The van der Waals surface area contributed by atoms with E-state index in [1.807, 2.05) is 49.6 Å². The van der Waals surface area contributed by atoms with Crippen molar-refractivity contribution in [3.8, 4) is 0 Å². The predicted molar refractivity (Wildman–Crippen MR) is 58.3 cm³/mol. The quantitative estimate of drug-likeness (QED) is 0.822. The molecule has 2 rings (SSSR count). The van der Waals surface area contributed by atoms with Crippen LogP contribution in [0, 0.1) is 0 Å². The maximum Gasteiger partial charge on any atom is 0.102 e. The molecule has 1 aromatic carbocycles. The highest BCUT2D eigenvalue weighted by Gasteiger charge is 2.10. The molecule has 15 heavy (non-hydrogen) atoms. The highest BCUT2D eigenvalue weighted by atomic mass is 16.3. The second kappa shape index (κ2) is 4.28. The number of aromatic nitrogens is 2. The van der Waals surface area contributed by atoms with Gasteiger partial charge >= 0.3 is 0 Å². The Balaban J connectivity index is 2.07. The zero-order valence-corrected chi connectivity index (χ0v) is 8.67. The minimum absolute atomic E-state index is 0.520. The summed E-state index contributed by atoms with van der Waals surface area (Å²) in [6, 6.07) is 11.8. The Kier molecular flexibility index (Phi) is 2.83. The number of hydrogen-bond donors (Lipinski definition) is 1. The molecule has 1 aromatic heterocycles. The van der Waals surface area contributed by atoms with E-state index >= 15 is 0 Å². The van der Waals surface area contributed by atoms with Gasteiger partial charge in [0.15, 0.2) is 0 Å². The smallest absolute Gasteiger partial charge is 0.102 e. The first-order chi connectivity index (χ1) is 7.25. The molecule has 1 N–H and O–H groups in total. The van der Waals surface area contributed by atoms with Gasteiger partial charge < -0.3 is 5.11 Å². The molecule has 78 valence electrons. The Morgan fingerprint density at radius 3 is 2.60 bits per heavy atom. The van der Waals surface area contributed by atoms with Crippen molar-refractivity contribution >= 4 is 0 Å². The Morgan fingerprint density at radius 2 is 2.00 bits per heavy atom. The summed E-state index contributed by atoms with van der Waals surface area (Å²) < 4.78 is 1.70. The van der Waals surface area contributed by atoms with E-state index in [0.717, 1.165) is 11.3 Å². The van der Waals surface area contributed by atoms with E-state index in [1.54, 1.807) is 4.68 Å². The lowest BCUT2D eigenvalue weighted by molar-refractivity contribution is 0.173. The van der Waals surface area contributed by atoms with E-state index in [9.17, 15) is 5.11 Å². The van der Waals surface area contributed by atoms with Gasteiger partial charge in [0.25, 0.3) is 0 Å². The van der Waals surface area contributed by atoms with Gasteiger partial charge in [0.05, 0.1) is 5.69 Å². The fraction of sp³-hybridized carbons (Fsp3) is 0.250. The van der Waals surface area contributed by atoms with Crippen LogP contribution in [0.15, 0.2) is 42.6 Å². The highest BCUT2D eigenvalue weighted by molar-refractivity contribution is 5.17. The van der Waals surface area contributed by atoms with Gasteiger partial charge in [-0.3, -0.25) is 4.68 Å². The summed E-state index contributed by atoms with van der Waals surface area (Å²) in [5, 5.41) is 14.1. The second-order valence-corrected chi connectivity index (χ2v) is 3.62. The van der Waals surface area contributed by atoms with Crippen LogP contribution in [0.3, 0.4) is 0 Å². The largest absolute Gasteiger partial charge is 0.386 e. The second-order valence-electron chi connectivity index (χ2n) is 3.62. The van der Waals surface area contributed by atoms with Crippen LogP contribution in [-0.2, 0) is 13.5 Å². The number of aryl methyl sites for hydroxylation is 1. The number of benzene rings is 1. The molecule has 0 fully saturated rings. The first-order valence-corrected chi connectivity index (χ1v) is 4.97. The summed E-state index contributed by atoms with van der Waals surface area (Å²) in [5.74, 6) is 0. The molecule has 0 amide bonds. The van der Waals surface area contributed by atoms with Gasteiger partial charge in [-0.25, -0.2) is 0 Å². The molecule has 0 bridgehead atoms. The molecular weight excluding hydrogens is 188 g/mol. The number of aliphatic hydroxyl groups excluding tert-OH is 1. The number of nitrogens with zero attached hydrogens (tertiary/aromatic N) is 2. The Morgan fingerprint density at radius 1 is 1.27 bits per heavy atom. The maximum atomic E-state index is 9.91. The van der Waals surface area contributed by atoms with Gasteiger partial charge in [-0.1, -0.05) is 30.3 Å². The maximum absolute atomic E-state index is 9.91. The molecular formula is C12H14N2O. The molecule has 0 aliphatic heterocycles. The Bertz CT molecular complexity index is 422. The standard InChI is InChI=1S/C12H14N2O/c1-14-8-7-11(13-14)12(15)9-10-5-3-2-4-6-10/h2-8,12,15H,9H2,1H3. The SMILES string of the molecule is Cn1ccc(C(O)Cc2ccccc2)n1. The topological polar surface area (TPSA) is 38.0 Å². The zero-order chi connectivity index (χ0) is 10.7. The molecule has 1 heterocycles. The summed E-state index contributed by atoms with van der Waals surface area (Å²) in [6.07, 6.45) is 1.93. The summed E-state index contributed by atoms with van der Waals surface area (Å²) in [4.78, 5) is 0. The molecule has 2 aromatic rings. The molecule has 0 aliphatic rings. The van der Waals surface area contributed by atoms with Crippen LogP contribution in [0.1, 0.15) is 17.4 Å². The van der Waals surface area contributed by atoms with Crippen LogP contribution in [0.25, 0.3) is 0 Å². The van der Waals surface area contributed by atoms with Gasteiger partial charge in [-0.2, -0.15) is 5.10 Å². The number of rotatable bonds is 3. The third-order valence-electron chi connectivity index (χ3n) is 2.35. The molecule has 3 nitrogen and oxygen atoms in total. The van der Waals surface area contributed by atoms with Gasteiger partial charge in [0.1, 0.15) is 6.10 Å². The van der Waals surface area contributed by atoms with Crippen molar-refractivity contribution in [1.82, 2.24) is 9.78 Å². The minimum Gasteiger partial charge on any atom is -0.386 e. The predicted octanol–water partition coefficient (Wildman–Crippen LogP) is 1.70. The lowest BCUT2D eigenvalue weighted by Gasteiger charge is -2.07. The molecule has 3 heteroatoms. The van der Waals surface area contributed by atoms with Gasteiger partial charge in [-0.05, 0) is 11.6 Å². The fourth-order valence-electron chi connectivity index (χ4n) is 1.55. The van der Waals surface area contributed by atoms with Crippen LogP contribution in [0.4, 0.5) is 0 Å². The summed E-state index contributed by atoms with van der Waals surface area (Å²) in [5.41, 5.74) is 1.84.